The van der Waals surface area contributed by atoms with Crippen LogP contribution in [0.5, 0.6) is 0 Å². The van der Waals surface area contributed by atoms with Gasteiger partial charge in [0, 0.05) is 6.42 Å². The molecule has 0 unspecified atom stereocenters. The smallest absolute Gasteiger partial charge is 0.352 e. The minimum Gasteiger partial charge on any atom is -0.480 e. The van der Waals surface area contributed by atoms with Crippen LogP contribution < -0.4 is 11.2 Å². The van der Waals surface area contributed by atoms with E-state index in [9.17, 15) is 14.4 Å². The topological polar surface area (TPSA) is 133 Å². The van der Waals surface area contributed by atoms with E-state index in [0.717, 1.165) is 10.2 Å². The Hall–Kier alpha value is -3.56. The number of carbonyl (C=O) groups is 1. The van der Waals surface area contributed by atoms with E-state index < -0.39 is 23.8 Å². The second-order valence-electron chi connectivity index (χ2n) is 5.53. The van der Waals surface area contributed by atoms with E-state index >= 15 is 0 Å². The summed E-state index contributed by atoms with van der Waals surface area (Å²) in [5, 5.41) is 16.8. The molecule has 0 fully saturated rings. The molecule has 10 heteroatoms. The van der Waals surface area contributed by atoms with Gasteiger partial charge in [0.2, 0.25) is 11.7 Å². The Labute approximate surface area is 146 Å². The predicted molar refractivity (Wildman–Crippen MR) is 89.1 cm³/mol. The number of aliphatic carboxylic acids is 1. The summed E-state index contributed by atoms with van der Waals surface area (Å²) < 4.78 is 6.50. The zero-order valence-electron chi connectivity index (χ0n) is 14.0. The number of carboxylic acid groups (broad SMARTS) is 1. The maximum atomic E-state index is 12.6. The summed E-state index contributed by atoms with van der Waals surface area (Å²) in [5.41, 5.74) is -0.699. The zero-order valence-corrected chi connectivity index (χ0v) is 14.0. The molecule has 0 atom stereocenters. The highest BCUT2D eigenvalue weighted by Gasteiger charge is 2.21. The first-order chi connectivity index (χ1) is 12.4. The van der Waals surface area contributed by atoms with Crippen LogP contribution in [-0.4, -0.2) is 35.6 Å². The van der Waals surface area contributed by atoms with Crippen LogP contribution in [-0.2, 0) is 17.8 Å². The van der Waals surface area contributed by atoms with Gasteiger partial charge in [0.05, 0.1) is 5.69 Å². The van der Waals surface area contributed by atoms with Gasteiger partial charge in [-0.25, -0.2) is 9.36 Å². The standard InChI is InChI=1S/C16H15N5O5/c1-3-11-17-14(19-26-11)13-15(24)20(8-12(22)23)16(25)21(18-13)10-6-4-9(2)5-7-10/h4-7H,3,8H2,1-2H3,(H,22,23). The number of benzene rings is 1. The minimum absolute atomic E-state index is 0.105. The van der Waals surface area contributed by atoms with Crippen molar-refractivity contribution in [3.63, 3.8) is 0 Å². The molecule has 26 heavy (non-hydrogen) atoms. The van der Waals surface area contributed by atoms with E-state index in [1.165, 1.54) is 0 Å². The first-order valence-electron chi connectivity index (χ1n) is 7.76. The van der Waals surface area contributed by atoms with Crippen molar-refractivity contribution in [2.24, 2.45) is 0 Å². The summed E-state index contributed by atoms with van der Waals surface area (Å²) in [6.07, 6.45) is 0.452. The average Bonchev–Trinajstić information content (AvgIpc) is 3.08. The Morgan fingerprint density at radius 3 is 2.50 bits per heavy atom. The number of carboxylic acids is 1. The highest BCUT2D eigenvalue weighted by molar-refractivity contribution is 5.66. The Balaban J connectivity index is 2.28. The van der Waals surface area contributed by atoms with Gasteiger partial charge in [-0.15, -0.1) is 0 Å². The third kappa shape index (κ3) is 3.16. The van der Waals surface area contributed by atoms with E-state index in [0.29, 0.717) is 22.6 Å². The van der Waals surface area contributed by atoms with Crippen LogP contribution in [0.3, 0.4) is 0 Å². The van der Waals surface area contributed by atoms with E-state index in [1.54, 1.807) is 31.2 Å². The maximum Gasteiger partial charge on any atom is 0.352 e. The lowest BCUT2D eigenvalue weighted by molar-refractivity contribution is -0.137. The summed E-state index contributed by atoms with van der Waals surface area (Å²) in [4.78, 5) is 40.3. The van der Waals surface area contributed by atoms with Crippen LogP contribution in [0.2, 0.25) is 0 Å². The molecular formula is C16H15N5O5. The largest absolute Gasteiger partial charge is 0.480 e. The lowest BCUT2D eigenvalue weighted by atomic mass is 10.2. The van der Waals surface area contributed by atoms with Crippen molar-refractivity contribution >= 4 is 5.97 Å². The van der Waals surface area contributed by atoms with Crippen molar-refractivity contribution in [1.29, 1.82) is 0 Å². The minimum atomic E-state index is -1.33. The number of hydrogen-bond acceptors (Lipinski definition) is 7. The van der Waals surface area contributed by atoms with Gasteiger partial charge in [-0.05, 0) is 19.1 Å². The summed E-state index contributed by atoms with van der Waals surface area (Å²) >= 11 is 0. The SMILES string of the molecule is CCc1nc(-c2nn(-c3ccc(C)cc3)c(=O)n(CC(=O)O)c2=O)no1. The first-order valence-corrected chi connectivity index (χ1v) is 7.76. The molecule has 0 saturated carbocycles. The van der Waals surface area contributed by atoms with E-state index in [2.05, 4.69) is 15.2 Å². The molecular weight excluding hydrogens is 342 g/mol. The molecule has 3 aromatic rings. The Bertz CT molecular complexity index is 1080. The van der Waals surface area contributed by atoms with Crippen LogP contribution in [0.1, 0.15) is 18.4 Å². The average molecular weight is 357 g/mol. The molecule has 0 bridgehead atoms. The van der Waals surface area contributed by atoms with Crippen molar-refractivity contribution in [3.8, 4) is 17.2 Å². The fourth-order valence-corrected chi connectivity index (χ4v) is 2.28. The molecule has 1 aromatic carbocycles. The number of aromatic nitrogens is 5. The summed E-state index contributed by atoms with van der Waals surface area (Å²) in [6.45, 7) is 2.86. The van der Waals surface area contributed by atoms with Gasteiger partial charge >= 0.3 is 11.7 Å². The molecule has 0 amide bonds. The molecule has 2 heterocycles. The molecule has 10 nitrogen and oxygen atoms in total. The molecule has 0 aliphatic rings. The van der Waals surface area contributed by atoms with Crippen LogP contribution in [0.15, 0.2) is 38.4 Å². The Kier molecular flexibility index (Phi) is 4.48. The normalized spacial score (nSPS) is 10.8. The summed E-state index contributed by atoms with van der Waals surface area (Å²) in [6, 6.07) is 6.80. The zero-order chi connectivity index (χ0) is 18.8. The van der Waals surface area contributed by atoms with Crippen molar-refractivity contribution in [2.75, 3.05) is 0 Å². The lowest BCUT2D eigenvalue weighted by Gasteiger charge is -2.09. The summed E-state index contributed by atoms with van der Waals surface area (Å²) in [5.74, 6) is -1.15. The molecule has 1 N–H and O–H groups in total. The van der Waals surface area contributed by atoms with Crippen LogP contribution in [0.25, 0.3) is 17.2 Å². The fourth-order valence-electron chi connectivity index (χ4n) is 2.28. The van der Waals surface area contributed by atoms with Crippen molar-refractivity contribution < 1.29 is 14.4 Å². The highest BCUT2D eigenvalue weighted by atomic mass is 16.5. The number of aryl methyl sites for hydroxylation is 2. The van der Waals surface area contributed by atoms with Gasteiger partial charge < -0.3 is 9.63 Å². The maximum absolute atomic E-state index is 12.6. The quantitative estimate of drug-likeness (QED) is 0.693. The number of nitrogens with zero attached hydrogens (tertiary/aromatic N) is 5. The molecule has 0 spiro atoms. The van der Waals surface area contributed by atoms with Gasteiger partial charge in [-0.1, -0.05) is 29.8 Å². The van der Waals surface area contributed by atoms with Crippen LogP contribution in [0.4, 0.5) is 0 Å². The van der Waals surface area contributed by atoms with E-state index in [1.807, 2.05) is 6.92 Å². The van der Waals surface area contributed by atoms with E-state index in [-0.39, 0.29) is 11.5 Å². The number of rotatable bonds is 5. The molecule has 134 valence electrons. The summed E-state index contributed by atoms with van der Waals surface area (Å²) in [7, 11) is 0. The Morgan fingerprint density at radius 1 is 1.23 bits per heavy atom. The first kappa shape index (κ1) is 17.3. The molecule has 3 rings (SSSR count). The van der Waals surface area contributed by atoms with Gasteiger partial charge in [-0.2, -0.15) is 14.8 Å². The fraction of sp³-hybridized carbons (Fsp3) is 0.250. The van der Waals surface area contributed by atoms with Gasteiger partial charge in [0.25, 0.3) is 5.56 Å². The van der Waals surface area contributed by atoms with Crippen LogP contribution in [0, 0.1) is 6.92 Å². The van der Waals surface area contributed by atoms with E-state index in [4.69, 9.17) is 9.63 Å². The monoisotopic (exact) mass is 357 g/mol. The van der Waals surface area contributed by atoms with Crippen LogP contribution >= 0.6 is 0 Å². The van der Waals surface area contributed by atoms with Gasteiger partial charge in [0.1, 0.15) is 6.54 Å². The van der Waals surface area contributed by atoms with Crippen molar-refractivity contribution in [1.82, 2.24) is 24.5 Å². The third-order valence-electron chi connectivity index (χ3n) is 3.61. The van der Waals surface area contributed by atoms with Crippen molar-refractivity contribution in [3.05, 3.63) is 56.6 Å². The second kappa shape index (κ2) is 6.75. The molecule has 0 radical (unpaired) electrons. The highest BCUT2D eigenvalue weighted by Crippen LogP contribution is 2.10. The Morgan fingerprint density at radius 2 is 1.92 bits per heavy atom. The molecule has 2 aromatic heterocycles. The number of hydrogen-bond donors (Lipinski definition) is 1. The van der Waals surface area contributed by atoms with Gasteiger partial charge in [-0.3, -0.25) is 9.59 Å². The molecule has 0 aliphatic carbocycles. The molecule has 0 aliphatic heterocycles. The van der Waals surface area contributed by atoms with Gasteiger partial charge in [0.15, 0.2) is 5.69 Å². The van der Waals surface area contributed by atoms with Crippen molar-refractivity contribution in [2.45, 2.75) is 26.8 Å². The lowest BCUT2D eigenvalue weighted by Crippen LogP contribution is -2.43. The third-order valence-corrected chi connectivity index (χ3v) is 3.61. The second-order valence-corrected chi connectivity index (χ2v) is 5.53. The molecule has 0 saturated heterocycles. The predicted octanol–water partition coefficient (Wildman–Crippen LogP) is 0.400.